The smallest absolute Gasteiger partial charge is 0.191 e. The summed E-state index contributed by atoms with van der Waals surface area (Å²) >= 11 is 7.91. The zero-order valence-electron chi connectivity index (χ0n) is 12.7. The van der Waals surface area contributed by atoms with E-state index in [1.165, 1.54) is 12.8 Å². The quantitative estimate of drug-likeness (QED) is 0.793. The molecular formula is C16H18ClN3O2S. The molecule has 1 aromatic heterocycles. The summed E-state index contributed by atoms with van der Waals surface area (Å²) in [6, 6.07) is 8.00. The minimum atomic E-state index is 0.384. The van der Waals surface area contributed by atoms with E-state index < -0.39 is 0 Å². The molecule has 0 bridgehead atoms. The maximum atomic E-state index is 6.14. The third-order valence-electron chi connectivity index (χ3n) is 4.00. The molecule has 0 spiro atoms. The minimum Gasteiger partial charge on any atom is -0.484 e. The normalized spacial score (nSPS) is 20.8. The second-order valence-electron chi connectivity index (χ2n) is 5.82. The molecule has 7 heteroatoms. The fourth-order valence-corrected chi connectivity index (χ4v) is 3.97. The van der Waals surface area contributed by atoms with Gasteiger partial charge in [-0.15, -0.1) is 10.2 Å². The predicted octanol–water partition coefficient (Wildman–Crippen LogP) is 3.73. The molecular weight excluding hydrogens is 334 g/mol. The molecule has 1 aromatic carbocycles. The number of aromatic nitrogens is 3. The fraction of sp³-hybridized carbons (Fsp3) is 0.500. The van der Waals surface area contributed by atoms with E-state index in [0.717, 1.165) is 30.6 Å². The van der Waals surface area contributed by atoms with Crippen LogP contribution in [0.25, 0.3) is 0 Å². The van der Waals surface area contributed by atoms with Crippen LogP contribution in [0.5, 0.6) is 5.75 Å². The first-order valence-electron chi connectivity index (χ1n) is 7.87. The van der Waals surface area contributed by atoms with Crippen molar-refractivity contribution in [2.45, 2.75) is 42.3 Å². The molecule has 4 rings (SSSR count). The van der Waals surface area contributed by atoms with Crippen molar-refractivity contribution in [2.75, 3.05) is 13.2 Å². The second-order valence-corrected chi connectivity index (χ2v) is 7.50. The summed E-state index contributed by atoms with van der Waals surface area (Å²) in [6.07, 6.45) is 3.45. The van der Waals surface area contributed by atoms with E-state index in [9.17, 15) is 0 Å². The highest BCUT2D eigenvalue weighted by molar-refractivity contribution is 7.99. The SMILES string of the molecule is Clc1ccccc1OCc1nnc(S[C@H]2CCOC2)n1C1CC1. The Labute approximate surface area is 144 Å². The first-order valence-corrected chi connectivity index (χ1v) is 9.12. The molecule has 2 aromatic rings. The number of para-hydroxylation sites is 1. The van der Waals surface area contributed by atoms with Crippen LogP contribution in [0.15, 0.2) is 29.4 Å². The summed E-state index contributed by atoms with van der Waals surface area (Å²) in [4.78, 5) is 0. The van der Waals surface area contributed by atoms with Gasteiger partial charge in [0, 0.05) is 17.9 Å². The lowest BCUT2D eigenvalue weighted by atomic mass is 10.3. The highest BCUT2D eigenvalue weighted by Crippen LogP contribution is 2.40. The molecule has 0 radical (unpaired) electrons. The van der Waals surface area contributed by atoms with Crippen molar-refractivity contribution >= 4 is 23.4 Å². The van der Waals surface area contributed by atoms with Crippen LogP contribution in [-0.2, 0) is 11.3 Å². The van der Waals surface area contributed by atoms with Gasteiger partial charge in [0.1, 0.15) is 12.4 Å². The lowest BCUT2D eigenvalue weighted by Gasteiger charge is -2.12. The summed E-state index contributed by atoms with van der Waals surface area (Å²) in [5.41, 5.74) is 0. The number of rotatable bonds is 6. The number of nitrogens with zero attached hydrogens (tertiary/aromatic N) is 3. The van der Waals surface area contributed by atoms with Gasteiger partial charge in [-0.1, -0.05) is 35.5 Å². The van der Waals surface area contributed by atoms with Gasteiger partial charge in [0.2, 0.25) is 0 Å². The Morgan fingerprint density at radius 3 is 2.87 bits per heavy atom. The number of halogens is 1. The molecule has 2 aliphatic rings. The largest absolute Gasteiger partial charge is 0.484 e. The Morgan fingerprint density at radius 1 is 1.26 bits per heavy atom. The third-order valence-corrected chi connectivity index (χ3v) is 5.51. The van der Waals surface area contributed by atoms with Crippen LogP contribution in [0.1, 0.15) is 31.1 Å². The van der Waals surface area contributed by atoms with E-state index >= 15 is 0 Å². The van der Waals surface area contributed by atoms with E-state index in [0.29, 0.717) is 28.7 Å². The first-order chi connectivity index (χ1) is 11.3. The van der Waals surface area contributed by atoms with Crippen molar-refractivity contribution in [1.82, 2.24) is 14.8 Å². The van der Waals surface area contributed by atoms with E-state index in [2.05, 4.69) is 14.8 Å². The van der Waals surface area contributed by atoms with Gasteiger partial charge in [-0.2, -0.15) is 0 Å². The molecule has 1 aliphatic heterocycles. The highest BCUT2D eigenvalue weighted by Gasteiger charge is 2.31. The van der Waals surface area contributed by atoms with Crippen LogP contribution >= 0.6 is 23.4 Å². The number of ether oxygens (including phenoxy) is 2. The topological polar surface area (TPSA) is 49.2 Å². The van der Waals surface area contributed by atoms with Crippen molar-refractivity contribution in [1.29, 1.82) is 0 Å². The summed E-state index contributed by atoms with van der Waals surface area (Å²) in [7, 11) is 0. The molecule has 5 nitrogen and oxygen atoms in total. The average molecular weight is 352 g/mol. The lowest BCUT2D eigenvalue weighted by molar-refractivity contribution is 0.199. The van der Waals surface area contributed by atoms with E-state index in [4.69, 9.17) is 21.1 Å². The van der Waals surface area contributed by atoms with Crippen LogP contribution < -0.4 is 4.74 Å². The minimum absolute atomic E-state index is 0.384. The van der Waals surface area contributed by atoms with Crippen molar-refractivity contribution in [3.05, 3.63) is 35.1 Å². The third kappa shape index (κ3) is 3.49. The zero-order valence-corrected chi connectivity index (χ0v) is 14.2. The summed E-state index contributed by atoms with van der Waals surface area (Å²) in [6.45, 7) is 2.03. The van der Waals surface area contributed by atoms with Gasteiger partial charge >= 0.3 is 0 Å². The maximum Gasteiger partial charge on any atom is 0.191 e. The molecule has 2 heterocycles. The van der Waals surface area contributed by atoms with Crippen molar-refractivity contribution < 1.29 is 9.47 Å². The Balaban J connectivity index is 1.49. The van der Waals surface area contributed by atoms with Crippen LogP contribution in [-0.4, -0.2) is 33.2 Å². The van der Waals surface area contributed by atoms with Crippen molar-refractivity contribution in [3.63, 3.8) is 0 Å². The molecule has 0 N–H and O–H groups in total. The van der Waals surface area contributed by atoms with Crippen molar-refractivity contribution in [3.8, 4) is 5.75 Å². The Kier molecular flexibility index (Phi) is 4.46. The Hall–Kier alpha value is -1.24. The fourth-order valence-electron chi connectivity index (χ4n) is 2.64. The maximum absolute atomic E-state index is 6.14. The van der Waals surface area contributed by atoms with Crippen LogP contribution in [0.3, 0.4) is 0 Å². The van der Waals surface area contributed by atoms with Gasteiger partial charge in [-0.25, -0.2) is 0 Å². The average Bonchev–Trinajstić information content (AvgIpc) is 3.11. The summed E-state index contributed by atoms with van der Waals surface area (Å²) in [5, 5.41) is 10.8. The van der Waals surface area contributed by atoms with Gasteiger partial charge in [0.15, 0.2) is 11.0 Å². The standard InChI is InChI=1S/C16H18ClN3O2S/c17-13-3-1-2-4-14(13)22-10-15-18-19-16(20(15)11-5-6-11)23-12-7-8-21-9-12/h1-4,11-12H,5-10H2/t12-/m0/s1. The van der Waals surface area contributed by atoms with E-state index in [1.807, 2.05) is 24.3 Å². The molecule has 0 unspecified atom stereocenters. The predicted molar refractivity (Wildman–Crippen MR) is 89.2 cm³/mol. The summed E-state index contributed by atoms with van der Waals surface area (Å²) in [5.74, 6) is 1.55. The molecule has 23 heavy (non-hydrogen) atoms. The van der Waals surface area contributed by atoms with E-state index in [-0.39, 0.29) is 0 Å². The van der Waals surface area contributed by atoms with E-state index in [1.54, 1.807) is 11.8 Å². The van der Waals surface area contributed by atoms with Gasteiger partial charge in [-0.3, -0.25) is 4.57 Å². The Bertz CT molecular complexity index is 684. The zero-order chi connectivity index (χ0) is 15.6. The monoisotopic (exact) mass is 351 g/mol. The summed E-state index contributed by atoms with van der Waals surface area (Å²) < 4.78 is 13.5. The molecule has 2 fully saturated rings. The molecule has 122 valence electrons. The lowest BCUT2D eigenvalue weighted by Crippen LogP contribution is -2.09. The highest BCUT2D eigenvalue weighted by atomic mass is 35.5. The molecule has 1 saturated carbocycles. The molecule has 0 amide bonds. The number of thioether (sulfide) groups is 1. The number of hydrogen-bond donors (Lipinski definition) is 0. The number of hydrogen-bond acceptors (Lipinski definition) is 5. The first kappa shape index (κ1) is 15.3. The second kappa shape index (κ2) is 6.71. The van der Waals surface area contributed by atoms with Crippen molar-refractivity contribution in [2.24, 2.45) is 0 Å². The van der Waals surface area contributed by atoms with Gasteiger partial charge in [0.25, 0.3) is 0 Å². The number of benzene rings is 1. The van der Waals surface area contributed by atoms with Gasteiger partial charge in [0.05, 0.1) is 11.6 Å². The van der Waals surface area contributed by atoms with Gasteiger partial charge in [-0.05, 0) is 31.4 Å². The van der Waals surface area contributed by atoms with Gasteiger partial charge < -0.3 is 9.47 Å². The molecule has 1 saturated heterocycles. The van der Waals surface area contributed by atoms with Crippen LogP contribution in [0, 0.1) is 0 Å². The molecule has 1 atom stereocenters. The van der Waals surface area contributed by atoms with Crippen LogP contribution in [0.2, 0.25) is 5.02 Å². The van der Waals surface area contributed by atoms with Crippen LogP contribution in [0.4, 0.5) is 0 Å². The Morgan fingerprint density at radius 2 is 2.13 bits per heavy atom. The molecule has 1 aliphatic carbocycles.